The maximum atomic E-state index is 12.6. The highest BCUT2D eigenvalue weighted by atomic mass is 16.6. The van der Waals surface area contributed by atoms with Gasteiger partial charge in [-0.3, -0.25) is 0 Å². The van der Waals surface area contributed by atoms with Gasteiger partial charge >= 0.3 is 6.09 Å². The average Bonchev–Trinajstić information content (AvgIpc) is 2.61. The number of nitrogens with zero attached hydrogens (tertiary/aromatic N) is 4. The van der Waals surface area contributed by atoms with E-state index in [9.17, 15) is 4.79 Å². The fraction of sp³-hybridized carbons (Fsp3) is 0.700. The molecule has 6 nitrogen and oxygen atoms in total. The van der Waals surface area contributed by atoms with E-state index in [4.69, 9.17) is 9.72 Å². The van der Waals surface area contributed by atoms with Crippen molar-refractivity contribution >= 4 is 11.9 Å². The van der Waals surface area contributed by atoms with Crippen molar-refractivity contribution in [2.24, 2.45) is 0 Å². The highest BCUT2D eigenvalue weighted by molar-refractivity contribution is 5.69. The highest BCUT2D eigenvalue weighted by Crippen LogP contribution is 2.32. The number of ether oxygens (including phenoxy) is 1. The van der Waals surface area contributed by atoms with E-state index in [2.05, 4.69) is 29.0 Å². The van der Waals surface area contributed by atoms with Gasteiger partial charge in [-0.15, -0.1) is 0 Å². The van der Waals surface area contributed by atoms with Crippen LogP contribution in [-0.2, 0) is 4.74 Å². The van der Waals surface area contributed by atoms with Crippen LogP contribution in [-0.4, -0.2) is 66.2 Å². The molecule has 6 heteroatoms. The van der Waals surface area contributed by atoms with Crippen molar-refractivity contribution in [3.05, 3.63) is 23.9 Å². The number of likely N-dealkylation sites (N-methyl/N-ethyl adjacent to an activating group) is 1. The number of piperidine rings is 1. The summed E-state index contributed by atoms with van der Waals surface area (Å²) in [7, 11) is 2.15. The first kappa shape index (κ1) is 19.0. The van der Waals surface area contributed by atoms with Crippen LogP contribution < -0.4 is 4.90 Å². The summed E-state index contributed by atoms with van der Waals surface area (Å²) in [5.74, 6) is 1.03. The van der Waals surface area contributed by atoms with E-state index in [-0.39, 0.29) is 12.1 Å². The molecule has 1 aromatic rings. The molecule has 0 radical (unpaired) electrons. The van der Waals surface area contributed by atoms with Crippen LogP contribution in [0.15, 0.2) is 18.3 Å². The number of rotatable bonds is 2. The van der Waals surface area contributed by atoms with E-state index in [0.717, 1.165) is 63.4 Å². The van der Waals surface area contributed by atoms with Crippen molar-refractivity contribution in [1.82, 2.24) is 14.8 Å². The third-order valence-corrected chi connectivity index (χ3v) is 5.11. The van der Waals surface area contributed by atoms with Crippen LogP contribution in [0.1, 0.15) is 51.6 Å². The Balaban J connectivity index is 1.70. The summed E-state index contributed by atoms with van der Waals surface area (Å²) in [5.41, 5.74) is 0.635. The van der Waals surface area contributed by atoms with Crippen LogP contribution in [0.2, 0.25) is 0 Å². The van der Waals surface area contributed by atoms with Crippen molar-refractivity contribution in [2.75, 3.05) is 44.7 Å². The lowest BCUT2D eigenvalue weighted by Crippen LogP contribution is -2.44. The second-order valence-corrected chi connectivity index (χ2v) is 8.43. The first-order chi connectivity index (χ1) is 12.3. The maximum absolute atomic E-state index is 12.6. The molecule has 0 aromatic carbocycles. The lowest BCUT2D eigenvalue weighted by molar-refractivity contribution is 0.00948. The number of carbonyl (C=O) groups excluding carboxylic acids is 1. The van der Waals surface area contributed by atoms with E-state index in [1.54, 1.807) is 0 Å². The van der Waals surface area contributed by atoms with Crippen LogP contribution in [0.4, 0.5) is 10.6 Å². The number of hydrogen-bond acceptors (Lipinski definition) is 5. The molecule has 2 aliphatic rings. The quantitative estimate of drug-likeness (QED) is 0.810. The Morgan fingerprint density at radius 3 is 2.46 bits per heavy atom. The number of piperazine rings is 1. The molecular formula is C20H32N4O2. The largest absolute Gasteiger partial charge is 0.444 e. The summed E-state index contributed by atoms with van der Waals surface area (Å²) in [6, 6.07) is 4.30. The first-order valence-corrected chi connectivity index (χ1v) is 9.72. The van der Waals surface area contributed by atoms with E-state index >= 15 is 0 Å². The number of amides is 1. The van der Waals surface area contributed by atoms with Gasteiger partial charge in [0.1, 0.15) is 11.4 Å². The molecule has 0 saturated carbocycles. The smallest absolute Gasteiger partial charge is 0.410 e. The Kier molecular flexibility index (Phi) is 5.70. The summed E-state index contributed by atoms with van der Waals surface area (Å²) in [6.07, 6.45) is 4.85. The number of likely N-dealkylation sites (tertiary alicyclic amines) is 1. The summed E-state index contributed by atoms with van der Waals surface area (Å²) < 4.78 is 5.61. The Bertz CT molecular complexity index is 603. The van der Waals surface area contributed by atoms with Crippen LogP contribution in [0.5, 0.6) is 0 Å². The van der Waals surface area contributed by atoms with Crippen LogP contribution in [0.25, 0.3) is 0 Å². The molecule has 2 fully saturated rings. The van der Waals surface area contributed by atoms with Gasteiger partial charge in [0, 0.05) is 38.9 Å². The topological polar surface area (TPSA) is 48.9 Å². The van der Waals surface area contributed by atoms with Crippen LogP contribution in [0.3, 0.4) is 0 Å². The molecule has 3 rings (SSSR count). The summed E-state index contributed by atoms with van der Waals surface area (Å²) >= 11 is 0. The molecule has 2 saturated heterocycles. The number of anilines is 1. The molecule has 0 N–H and O–H groups in total. The number of pyridine rings is 1. The highest BCUT2D eigenvalue weighted by Gasteiger charge is 2.31. The van der Waals surface area contributed by atoms with Crippen molar-refractivity contribution < 1.29 is 9.53 Å². The Morgan fingerprint density at radius 2 is 1.85 bits per heavy atom. The fourth-order valence-electron chi connectivity index (χ4n) is 3.63. The monoisotopic (exact) mass is 360 g/mol. The van der Waals surface area contributed by atoms with Gasteiger partial charge in [0.2, 0.25) is 0 Å². The minimum absolute atomic E-state index is 0.0626. The molecule has 1 unspecified atom stereocenters. The zero-order chi connectivity index (χ0) is 18.7. The van der Waals surface area contributed by atoms with Crippen molar-refractivity contribution in [3.8, 4) is 0 Å². The number of carbonyl (C=O) groups is 1. The zero-order valence-corrected chi connectivity index (χ0v) is 16.6. The molecule has 26 heavy (non-hydrogen) atoms. The molecule has 3 heterocycles. The molecular weight excluding hydrogens is 328 g/mol. The molecule has 144 valence electrons. The summed E-state index contributed by atoms with van der Waals surface area (Å²) in [4.78, 5) is 23.9. The first-order valence-electron chi connectivity index (χ1n) is 9.72. The number of hydrogen-bond donors (Lipinski definition) is 0. The fourth-order valence-corrected chi connectivity index (χ4v) is 3.63. The van der Waals surface area contributed by atoms with Gasteiger partial charge in [0.25, 0.3) is 0 Å². The molecule has 0 spiro atoms. The van der Waals surface area contributed by atoms with Gasteiger partial charge in [-0.05, 0) is 58.7 Å². The summed E-state index contributed by atoms with van der Waals surface area (Å²) in [5, 5.41) is 0. The van der Waals surface area contributed by atoms with Crippen molar-refractivity contribution in [1.29, 1.82) is 0 Å². The average molecular weight is 361 g/mol. The maximum Gasteiger partial charge on any atom is 0.410 e. The summed E-state index contributed by atoms with van der Waals surface area (Å²) in [6.45, 7) is 10.6. The Hall–Kier alpha value is -1.82. The molecule has 1 aromatic heterocycles. The van der Waals surface area contributed by atoms with Gasteiger partial charge in [-0.25, -0.2) is 9.78 Å². The Morgan fingerprint density at radius 1 is 1.12 bits per heavy atom. The van der Waals surface area contributed by atoms with Gasteiger partial charge in [-0.1, -0.05) is 6.07 Å². The Labute approximate surface area is 157 Å². The van der Waals surface area contributed by atoms with Crippen LogP contribution in [0, 0.1) is 0 Å². The minimum atomic E-state index is -0.470. The molecule has 0 bridgehead atoms. The second kappa shape index (κ2) is 7.82. The van der Waals surface area contributed by atoms with Crippen molar-refractivity contribution in [3.63, 3.8) is 0 Å². The van der Waals surface area contributed by atoms with E-state index in [1.807, 2.05) is 31.9 Å². The molecule has 2 aliphatic heterocycles. The van der Waals surface area contributed by atoms with E-state index in [1.165, 1.54) is 0 Å². The molecule has 0 aliphatic carbocycles. The van der Waals surface area contributed by atoms with Crippen LogP contribution >= 0.6 is 0 Å². The predicted molar refractivity (Wildman–Crippen MR) is 103 cm³/mol. The lowest BCUT2D eigenvalue weighted by atomic mass is 9.97. The number of aromatic nitrogens is 1. The normalized spacial score (nSPS) is 22.4. The lowest BCUT2D eigenvalue weighted by Gasteiger charge is -2.37. The standard InChI is InChI=1S/C20H32N4O2/c1-20(2,3)26-19(25)24-10-6-5-7-17(24)16-8-9-18(21-15-16)23-13-11-22(4)12-14-23/h8-9,15,17H,5-7,10-14H2,1-4H3. The van der Waals surface area contributed by atoms with Gasteiger partial charge in [0.05, 0.1) is 6.04 Å². The third-order valence-electron chi connectivity index (χ3n) is 5.11. The van der Waals surface area contributed by atoms with E-state index < -0.39 is 5.60 Å². The van der Waals surface area contributed by atoms with Gasteiger partial charge in [0.15, 0.2) is 0 Å². The van der Waals surface area contributed by atoms with Gasteiger partial charge < -0.3 is 19.4 Å². The predicted octanol–water partition coefficient (Wildman–Crippen LogP) is 3.30. The third kappa shape index (κ3) is 4.67. The molecule has 1 amide bonds. The minimum Gasteiger partial charge on any atom is -0.444 e. The van der Waals surface area contributed by atoms with Gasteiger partial charge in [-0.2, -0.15) is 0 Å². The molecule has 1 atom stereocenters. The van der Waals surface area contributed by atoms with E-state index in [0.29, 0.717) is 0 Å². The SMILES string of the molecule is CN1CCN(c2ccc(C3CCCCN3C(=O)OC(C)(C)C)cn2)CC1. The zero-order valence-electron chi connectivity index (χ0n) is 16.6. The second-order valence-electron chi connectivity index (χ2n) is 8.43. The van der Waals surface area contributed by atoms with Crippen molar-refractivity contribution in [2.45, 2.75) is 51.7 Å².